The predicted molar refractivity (Wildman–Crippen MR) is 81.8 cm³/mol. The van der Waals surface area contributed by atoms with Crippen molar-refractivity contribution in [1.82, 2.24) is 14.9 Å². The van der Waals surface area contributed by atoms with Gasteiger partial charge in [-0.1, -0.05) is 23.7 Å². The molecule has 0 saturated carbocycles. The number of nitrogens with two attached hydrogens (primary N) is 1. The highest BCUT2D eigenvalue weighted by Gasteiger charge is 2.20. The Hall–Kier alpha value is -2.18. The van der Waals surface area contributed by atoms with Gasteiger partial charge < -0.3 is 10.3 Å². The van der Waals surface area contributed by atoms with Gasteiger partial charge in [-0.25, -0.2) is 10.8 Å². The van der Waals surface area contributed by atoms with E-state index >= 15 is 0 Å². The second-order valence-electron chi connectivity index (χ2n) is 4.58. The lowest BCUT2D eigenvalue weighted by molar-refractivity contribution is 0.0736. The number of anilines is 1. The molecule has 1 amide bonds. The number of halogens is 1. The number of benzene rings is 1. The van der Waals surface area contributed by atoms with Gasteiger partial charge >= 0.3 is 0 Å². The van der Waals surface area contributed by atoms with Crippen LogP contribution in [0.3, 0.4) is 0 Å². The number of hydrazine groups is 1. The van der Waals surface area contributed by atoms with E-state index in [2.05, 4.69) is 15.4 Å². The molecule has 110 valence electrons. The lowest BCUT2D eigenvalue weighted by Crippen LogP contribution is -2.30. The summed E-state index contributed by atoms with van der Waals surface area (Å²) >= 11 is 5.98. The van der Waals surface area contributed by atoms with Crippen molar-refractivity contribution in [2.75, 3.05) is 12.5 Å². The maximum atomic E-state index is 12.4. The molecule has 1 aromatic carbocycles. The van der Waals surface area contributed by atoms with Crippen LogP contribution in [0, 0.1) is 0 Å². The average molecular weight is 306 g/mol. The molecule has 0 aliphatic carbocycles. The van der Waals surface area contributed by atoms with Gasteiger partial charge in [0.25, 0.3) is 5.91 Å². The van der Waals surface area contributed by atoms with Crippen LogP contribution in [-0.2, 0) is 0 Å². The summed E-state index contributed by atoms with van der Waals surface area (Å²) in [4.78, 5) is 22.0. The highest BCUT2D eigenvalue weighted by atomic mass is 35.5. The number of carbonyl (C=O) groups excluding carboxylic acids is 1. The van der Waals surface area contributed by atoms with Gasteiger partial charge in [-0.2, -0.15) is 0 Å². The Morgan fingerprint density at radius 1 is 1.43 bits per heavy atom. The van der Waals surface area contributed by atoms with Crippen molar-refractivity contribution in [3.8, 4) is 0 Å². The largest absolute Gasteiger partial charge is 0.334 e. The van der Waals surface area contributed by atoms with Crippen molar-refractivity contribution in [3.63, 3.8) is 0 Å². The normalized spacial score (nSPS) is 11.8. The number of rotatable bonds is 4. The number of carbonyl (C=O) groups is 1. The molecule has 0 aliphatic heterocycles. The Balaban J connectivity index is 2.22. The van der Waals surface area contributed by atoms with Crippen molar-refractivity contribution in [1.29, 1.82) is 0 Å². The minimum atomic E-state index is -0.243. The predicted octanol–water partition coefficient (Wildman–Crippen LogP) is 2.25. The maximum absolute atomic E-state index is 12.4. The van der Waals surface area contributed by atoms with Gasteiger partial charge in [0.2, 0.25) is 0 Å². The molecule has 2 aromatic rings. The molecule has 1 heterocycles. The number of nitrogens with zero attached hydrogens (tertiary/aromatic N) is 3. The van der Waals surface area contributed by atoms with Gasteiger partial charge in [-0.05, 0) is 24.6 Å². The number of nitrogen functional groups attached to an aromatic ring is 1. The van der Waals surface area contributed by atoms with E-state index in [1.54, 1.807) is 18.0 Å². The molecular weight excluding hydrogens is 290 g/mol. The lowest BCUT2D eigenvalue weighted by Gasteiger charge is -2.25. The first-order valence-electron chi connectivity index (χ1n) is 6.34. The molecule has 0 spiro atoms. The highest BCUT2D eigenvalue weighted by molar-refractivity contribution is 6.30. The second kappa shape index (κ2) is 6.51. The summed E-state index contributed by atoms with van der Waals surface area (Å²) in [5.74, 6) is 5.36. The molecule has 0 saturated heterocycles. The fourth-order valence-electron chi connectivity index (χ4n) is 1.89. The van der Waals surface area contributed by atoms with Crippen molar-refractivity contribution in [2.45, 2.75) is 13.0 Å². The van der Waals surface area contributed by atoms with E-state index in [9.17, 15) is 4.79 Å². The van der Waals surface area contributed by atoms with Gasteiger partial charge in [-0.15, -0.1) is 0 Å². The topological polar surface area (TPSA) is 84.1 Å². The molecule has 6 nitrogen and oxygen atoms in total. The number of hydrogen-bond acceptors (Lipinski definition) is 5. The molecule has 1 aromatic heterocycles. The van der Waals surface area contributed by atoms with E-state index in [1.807, 2.05) is 25.1 Å². The molecule has 1 unspecified atom stereocenters. The van der Waals surface area contributed by atoms with Gasteiger partial charge in [-0.3, -0.25) is 9.78 Å². The van der Waals surface area contributed by atoms with Crippen LogP contribution in [-0.4, -0.2) is 27.8 Å². The summed E-state index contributed by atoms with van der Waals surface area (Å²) in [7, 11) is 1.71. The van der Waals surface area contributed by atoms with Gasteiger partial charge in [0.05, 0.1) is 18.4 Å². The fourth-order valence-corrected chi connectivity index (χ4v) is 2.08. The van der Waals surface area contributed by atoms with Crippen molar-refractivity contribution in [3.05, 3.63) is 52.9 Å². The zero-order valence-corrected chi connectivity index (χ0v) is 12.5. The van der Waals surface area contributed by atoms with E-state index in [-0.39, 0.29) is 17.6 Å². The summed E-state index contributed by atoms with van der Waals surface area (Å²) in [6, 6.07) is 7.25. The number of amides is 1. The summed E-state index contributed by atoms with van der Waals surface area (Å²) in [6.45, 7) is 1.92. The van der Waals surface area contributed by atoms with E-state index in [0.29, 0.717) is 10.8 Å². The van der Waals surface area contributed by atoms with Crippen LogP contribution in [0.15, 0.2) is 36.7 Å². The van der Waals surface area contributed by atoms with Crippen LogP contribution in [0.5, 0.6) is 0 Å². The van der Waals surface area contributed by atoms with Crippen LogP contribution in [0.1, 0.15) is 29.0 Å². The molecule has 0 bridgehead atoms. The number of nitrogens with one attached hydrogen (secondary N) is 1. The maximum Gasteiger partial charge on any atom is 0.274 e. The summed E-state index contributed by atoms with van der Waals surface area (Å²) < 4.78 is 0. The minimum Gasteiger partial charge on any atom is -0.334 e. The van der Waals surface area contributed by atoms with Crippen LogP contribution >= 0.6 is 11.6 Å². The van der Waals surface area contributed by atoms with Gasteiger partial charge in [0.1, 0.15) is 5.69 Å². The van der Waals surface area contributed by atoms with Crippen LogP contribution in [0.25, 0.3) is 0 Å². The number of hydrogen-bond donors (Lipinski definition) is 2. The summed E-state index contributed by atoms with van der Waals surface area (Å²) in [6.07, 6.45) is 2.85. The van der Waals surface area contributed by atoms with Gasteiger partial charge in [0.15, 0.2) is 5.82 Å². The third kappa shape index (κ3) is 3.48. The van der Waals surface area contributed by atoms with Crippen molar-refractivity contribution >= 4 is 23.3 Å². The van der Waals surface area contributed by atoms with E-state index in [0.717, 1.165) is 5.56 Å². The highest BCUT2D eigenvalue weighted by Crippen LogP contribution is 2.23. The number of aromatic nitrogens is 2. The first kappa shape index (κ1) is 15.2. The van der Waals surface area contributed by atoms with E-state index in [1.165, 1.54) is 12.4 Å². The van der Waals surface area contributed by atoms with E-state index in [4.69, 9.17) is 17.4 Å². The fraction of sp³-hybridized carbons (Fsp3) is 0.214. The van der Waals surface area contributed by atoms with Crippen LogP contribution in [0.4, 0.5) is 5.82 Å². The Morgan fingerprint density at radius 2 is 2.19 bits per heavy atom. The lowest BCUT2D eigenvalue weighted by atomic mass is 10.1. The summed E-state index contributed by atoms with van der Waals surface area (Å²) in [5, 5.41) is 0.634. The van der Waals surface area contributed by atoms with Crippen molar-refractivity contribution in [2.24, 2.45) is 5.84 Å². The first-order valence-corrected chi connectivity index (χ1v) is 6.72. The molecule has 2 rings (SSSR count). The third-order valence-corrected chi connectivity index (χ3v) is 3.47. The molecule has 7 heteroatoms. The molecule has 1 atom stereocenters. The SMILES string of the molecule is CC(c1cccc(Cl)c1)N(C)C(=O)c1cncc(NN)n1. The average Bonchev–Trinajstić information content (AvgIpc) is 2.52. The quantitative estimate of drug-likeness (QED) is 0.668. The molecule has 3 N–H and O–H groups in total. The third-order valence-electron chi connectivity index (χ3n) is 3.23. The Labute approximate surface area is 127 Å². The molecule has 0 radical (unpaired) electrons. The Kier molecular flexibility index (Phi) is 4.72. The standard InChI is InChI=1S/C14H16ClN5O/c1-9(10-4-3-5-11(15)6-10)20(2)14(21)12-7-17-8-13(18-12)19-16/h3-9H,16H2,1-2H3,(H,18,19). The Bertz CT molecular complexity index is 649. The molecule has 21 heavy (non-hydrogen) atoms. The minimum absolute atomic E-state index is 0.146. The molecular formula is C14H16ClN5O. The first-order chi connectivity index (χ1) is 10.0. The van der Waals surface area contributed by atoms with Gasteiger partial charge in [0, 0.05) is 12.1 Å². The Morgan fingerprint density at radius 3 is 2.86 bits per heavy atom. The smallest absolute Gasteiger partial charge is 0.274 e. The van der Waals surface area contributed by atoms with Crippen LogP contribution < -0.4 is 11.3 Å². The zero-order valence-electron chi connectivity index (χ0n) is 11.7. The van der Waals surface area contributed by atoms with E-state index < -0.39 is 0 Å². The monoisotopic (exact) mass is 305 g/mol. The molecule has 0 aliphatic rings. The van der Waals surface area contributed by atoms with Crippen molar-refractivity contribution < 1.29 is 4.79 Å². The van der Waals surface area contributed by atoms with Crippen LogP contribution in [0.2, 0.25) is 5.02 Å². The second-order valence-corrected chi connectivity index (χ2v) is 5.02. The zero-order chi connectivity index (χ0) is 15.4. The summed E-state index contributed by atoms with van der Waals surface area (Å²) in [5.41, 5.74) is 3.54. The molecule has 0 fully saturated rings.